The van der Waals surface area contributed by atoms with Crippen molar-refractivity contribution in [2.45, 2.75) is 57.9 Å². The SMILES string of the molecule is CCc1ccc(NC(=O)[C@@H]2CC(=O)Nc3nc(N4CCCC[C@@H]4C)[nH]c(=O)c32)cc1. The highest BCUT2D eigenvalue weighted by Gasteiger charge is 2.35. The molecule has 1 saturated heterocycles. The van der Waals surface area contributed by atoms with Gasteiger partial charge in [0.05, 0.1) is 11.5 Å². The standard InChI is InChI=1S/C22H27N5O3/c1-3-14-7-9-15(10-8-14)23-20(29)16-12-17(28)24-19-18(16)21(30)26-22(25-19)27-11-5-4-6-13(27)2/h7-10,13,16H,3-6,11-12H2,1-2H3,(H,23,29)(H2,24,25,26,28,30)/t13-,16+/m0/s1. The van der Waals surface area contributed by atoms with Crippen LogP contribution in [-0.2, 0) is 16.0 Å². The van der Waals surface area contributed by atoms with E-state index in [0.717, 1.165) is 37.8 Å². The van der Waals surface area contributed by atoms with Gasteiger partial charge in [-0.25, -0.2) is 0 Å². The first-order chi connectivity index (χ1) is 14.5. The summed E-state index contributed by atoms with van der Waals surface area (Å²) in [5.41, 5.74) is 1.63. The molecule has 0 radical (unpaired) electrons. The Balaban J connectivity index is 1.63. The summed E-state index contributed by atoms with van der Waals surface area (Å²) < 4.78 is 0. The second kappa shape index (κ2) is 8.30. The van der Waals surface area contributed by atoms with Gasteiger partial charge in [-0.15, -0.1) is 0 Å². The zero-order chi connectivity index (χ0) is 21.3. The van der Waals surface area contributed by atoms with Crippen LogP contribution < -0.4 is 21.1 Å². The molecular weight excluding hydrogens is 382 g/mol. The molecular formula is C22H27N5O3. The molecule has 1 fully saturated rings. The number of carbonyl (C=O) groups is 2. The number of nitrogens with zero attached hydrogens (tertiary/aromatic N) is 2. The third-order valence-electron chi connectivity index (χ3n) is 5.96. The number of anilines is 3. The first-order valence-corrected chi connectivity index (χ1v) is 10.6. The molecule has 30 heavy (non-hydrogen) atoms. The Morgan fingerprint density at radius 2 is 2.00 bits per heavy atom. The van der Waals surface area contributed by atoms with Crippen LogP contribution in [0.2, 0.25) is 0 Å². The minimum absolute atomic E-state index is 0.0872. The van der Waals surface area contributed by atoms with Gasteiger partial charge in [0, 0.05) is 24.7 Å². The normalized spacial score (nSPS) is 21.0. The summed E-state index contributed by atoms with van der Waals surface area (Å²) in [5.74, 6) is -0.961. The molecule has 0 unspecified atom stereocenters. The van der Waals surface area contributed by atoms with Crippen LogP contribution in [0.5, 0.6) is 0 Å². The number of benzene rings is 1. The molecule has 2 amide bonds. The second-order valence-electron chi connectivity index (χ2n) is 8.03. The van der Waals surface area contributed by atoms with Crippen LogP contribution in [0.3, 0.4) is 0 Å². The highest BCUT2D eigenvalue weighted by Crippen LogP contribution is 2.31. The molecule has 158 valence electrons. The van der Waals surface area contributed by atoms with Gasteiger partial charge in [0.2, 0.25) is 17.8 Å². The molecule has 8 nitrogen and oxygen atoms in total. The van der Waals surface area contributed by atoms with E-state index in [1.54, 1.807) is 0 Å². The molecule has 8 heteroatoms. The number of rotatable bonds is 4. The molecule has 3 heterocycles. The maximum Gasteiger partial charge on any atom is 0.258 e. The summed E-state index contributed by atoms with van der Waals surface area (Å²) >= 11 is 0. The summed E-state index contributed by atoms with van der Waals surface area (Å²) in [6, 6.07) is 7.78. The van der Waals surface area contributed by atoms with E-state index in [1.165, 1.54) is 0 Å². The van der Waals surface area contributed by atoms with Crippen LogP contribution in [-0.4, -0.2) is 34.4 Å². The lowest BCUT2D eigenvalue weighted by Crippen LogP contribution is -2.41. The van der Waals surface area contributed by atoms with Crippen LogP contribution in [0.4, 0.5) is 17.5 Å². The van der Waals surface area contributed by atoms with E-state index in [1.807, 2.05) is 24.3 Å². The topological polar surface area (TPSA) is 107 Å². The third-order valence-corrected chi connectivity index (χ3v) is 5.96. The number of aryl methyl sites for hydroxylation is 1. The van der Waals surface area contributed by atoms with Crippen LogP contribution in [0.15, 0.2) is 29.1 Å². The van der Waals surface area contributed by atoms with Crippen molar-refractivity contribution in [1.29, 1.82) is 0 Å². The van der Waals surface area contributed by atoms with Gasteiger partial charge >= 0.3 is 0 Å². The Labute approximate surface area is 175 Å². The average molecular weight is 409 g/mol. The van der Waals surface area contributed by atoms with Crippen molar-refractivity contribution < 1.29 is 9.59 Å². The largest absolute Gasteiger partial charge is 0.340 e. The summed E-state index contributed by atoms with van der Waals surface area (Å²) in [6.45, 7) is 4.95. The first-order valence-electron chi connectivity index (χ1n) is 10.6. The molecule has 2 aromatic rings. The van der Waals surface area contributed by atoms with Crippen molar-refractivity contribution >= 4 is 29.3 Å². The zero-order valence-corrected chi connectivity index (χ0v) is 17.3. The van der Waals surface area contributed by atoms with Gasteiger partial charge in [0.25, 0.3) is 5.56 Å². The van der Waals surface area contributed by atoms with E-state index < -0.39 is 5.92 Å². The summed E-state index contributed by atoms with van der Waals surface area (Å²) in [5, 5.41) is 5.51. The maximum absolute atomic E-state index is 12.9. The van der Waals surface area contributed by atoms with Crippen LogP contribution in [0, 0.1) is 0 Å². The maximum atomic E-state index is 12.9. The average Bonchev–Trinajstić information content (AvgIpc) is 2.73. The molecule has 2 atom stereocenters. The van der Waals surface area contributed by atoms with Crippen LogP contribution >= 0.6 is 0 Å². The predicted octanol–water partition coefficient (Wildman–Crippen LogP) is 2.78. The molecule has 0 bridgehead atoms. The van der Waals surface area contributed by atoms with Gasteiger partial charge in [-0.1, -0.05) is 19.1 Å². The number of hydrogen-bond donors (Lipinski definition) is 3. The second-order valence-corrected chi connectivity index (χ2v) is 8.03. The highest BCUT2D eigenvalue weighted by molar-refractivity contribution is 6.04. The predicted molar refractivity (Wildman–Crippen MR) is 116 cm³/mol. The minimum Gasteiger partial charge on any atom is -0.340 e. The Hall–Kier alpha value is -3.16. The van der Waals surface area contributed by atoms with Crippen molar-refractivity contribution in [3.05, 3.63) is 45.7 Å². The van der Waals surface area contributed by atoms with Crippen molar-refractivity contribution in [3.8, 4) is 0 Å². The number of carbonyl (C=O) groups excluding carboxylic acids is 2. The lowest BCUT2D eigenvalue weighted by atomic mass is 9.92. The van der Waals surface area contributed by atoms with Gasteiger partial charge in [-0.3, -0.25) is 19.4 Å². The van der Waals surface area contributed by atoms with Gasteiger partial charge in [0.15, 0.2) is 0 Å². The van der Waals surface area contributed by atoms with Gasteiger partial charge in [-0.05, 0) is 50.3 Å². The number of amides is 2. The smallest absolute Gasteiger partial charge is 0.258 e. The van der Waals surface area contributed by atoms with Crippen LogP contribution in [0.25, 0.3) is 0 Å². The van der Waals surface area contributed by atoms with Crippen molar-refractivity contribution in [1.82, 2.24) is 9.97 Å². The van der Waals surface area contributed by atoms with E-state index in [9.17, 15) is 14.4 Å². The molecule has 2 aliphatic rings. The minimum atomic E-state index is -0.885. The zero-order valence-electron chi connectivity index (χ0n) is 17.3. The lowest BCUT2D eigenvalue weighted by Gasteiger charge is -2.34. The lowest BCUT2D eigenvalue weighted by molar-refractivity contribution is -0.123. The number of hydrogen-bond acceptors (Lipinski definition) is 5. The van der Waals surface area contributed by atoms with Crippen molar-refractivity contribution in [2.24, 2.45) is 0 Å². The summed E-state index contributed by atoms with van der Waals surface area (Å²) in [6.07, 6.45) is 4.01. The van der Waals surface area contributed by atoms with E-state index in [2.05, 4.69) is 39.3 Å². The van der Waals surface area contributed by atoms with E-state index >= 15 is 0 Å². The van der Waals surface area contributed by atoms with Crippen molar-refractivity contribution in [3.63, 3.8) is 0 Å². The fourth-order valence-electron chi connectivity index (χ4n) is 4.19. The molecule has 1 aromatic carbocycles. The molecule has 2 aliphatic heterocycles. The molecule has 0 aliphatic carbocycles. The summed E-state index contributed by atoms with van der Waals surface area (Å²) in [4.78, 5) is 47.6. The third kappa shape index (κ3) is 3.94. The summed E-state index contributed by atoms with van der Waals surface area (Å²) in [7, 11) is 0. The molecule has 1 aromatic heterocycles. The first kappa shape index (κ1) is 20.1. The number of nitrogens with one attached hydrogen (secondary N) is 3. The molecule has 4 rings (SSSR count). The Bertz CT molecular complexity index is 1010. The Morgan fingerprint density at radius 1 is 1.23 bits per heavy atom. The number of aromatic nitrogens is 2. The molecule has 0 spiro atoms. The van der Waals surface area contributed by atoms with E-state index in [-0.39, 0.29) is 41.2 Å². The van der Waals surface area contributed by atoms with E-state index in [0.29, 0.717) is 11.6 Å². The molecule has 3 N–H and O–H groups in total. The fraction of sp³-hybridized carbons (Fsp3) is 0.455. The fourth-order valence-corrected chi connectivity index (χ4v) is 4.19. The number of fused-ring (bicyclic) bond motifs is 1. The monoisotopic (exact) mass is 409 g/mol. The van der Waals surface area contributed by atoms with E-state index in [4.69, 9.17) is 0 Å². The number of H-pyrrole nitrogens is 1. The number of piperidine rings is 1. The van der Waals surface area contributed by atoms with Crippen molar-refractivity contribution in [2.75, 3.05) is 22.1 Å². The van der Waals surface area contributed by atoms with Gasteiger partial charge in [-0.2, -0.15) is 4.98 Å². The highest BCUT2D eigenvalue weighted by atomic mass is 16.2. The number of aromatic amines is 1. The molecule has 0 saturated carbocycles. The van der Waals surface area contributed by atoms with Crippen LogP contribution in [0.1, 0.15) is 56.6 Å². The Morgan fingerprint density at radius 3 is 2.70 bits per heavy atom. The quantitative estimate of drug-likeness (QED) is 0.720. The van der Waals surface area contributed by atoms with Gasteiger partial charge in [0.1, 0.15) is 5.82 Å². The van der Waals surface area contributed by atoms with Gasteiger partial charge < -0.3 is 15.5 Å². The Kier molecular flexibility index (Phi) is 5.57.